The standard InChI is InChI=1S/C13H20O4/c1-8-6-7-9(2)13(4,17-10(3)14)11(8)12(15)16-5/h6-9,11H,1-5H3. The number of rotatable bonds is 2. The molecule has 4 atom stereocenters. The van der Waals surface area contributed by atoms with Gasteiger partial charge in [0.15, 0.2) is 0 Å². The molecular formula is C13H20O4. The fraction of sp³-hybridized carbons (Fsp3) is 0.692. The van der Waals surface area contributed by atoms with Gasteiger partial charge in [-0.15, -0.1) is 0 Å². The fourth-order valence-electron chi connectivity index (χ4n) is 2.49. The molecule has 0 N–H and O–H groups in total. The Labute approximate surface area is 102 Å². The highest BCUT2D eigenvalue weighted by Gasteiger charge is 2.50. The normalized spacial score (nSPS) is 36.4. The van der Waals surface area contributed by atoms with Crippen LogP contribution in [-0.2, 0) is 19.1 Å². The summed E-state index contributed by atoms with van der Waals surface area (Å²) < 4.78 is 10.2. The summed E-state index contributed by atoms with van der Waals surface area (Å²) in [4.78, 5) is 23.1. The Hall–Kier alpha value is -1.32. The number of hydrogen-bond donors (Lipinski definition) is 0. The Morgan fingerprint density at radius 2 is 1.82 bits per heavy atom. The van der Waals surface area contributed by atoms with Gasteiger partial charge in [-0.25, -0.2) is 0 Å². The van der Waals surface area contributed by atoms with Crippen molar-refractivity contribution in [3.05, 3.63) is 12.2 Å². The van der Waals surface area contributed by atoms with Gasteiger partial charge in [0, 0.05) is 12.8 Å². The van der Waals surface area contributed by atoms with Crippen LogP contribution in [0.15, 0.2) is 12.2 Å². The van der Waals surface area contributed by atoms with Gasteiger partial charge in [-0.2, -0.15) is 0 Å². The van der Waals surface area contributed by atoms with Gasteiger partial charge in [-0.3, -0.25) is 9.59 Å². The summed E-state index contributed by atoms with van der Waals surface area (Å²) in [7, 11) is 1.35. The fourth-order valence-corrected chi connectivity index (χ4v) is 2.49. The smallest absolute Gasteiger partial charge is 0.313 e. The first-order valence-corrected chi connectivity index (χ1v) is 5.78. The molecule has 0 aromatic carbocycles. The van der Waals surface area contributed by atoms with Crippen LogP contribution in [-0.4, -0.2) is 24.6 Å². The molecule has 4 heteroatoms. The summed E-state index contributed by atoms with van der Waals surface area (Å²) in [5, 5.41) is 0. The van der Waals surface area contributed by atoms with E-state index in [9.17, 15) is 9.59 Å². The zero-order chi connectivity index (χ0) is 13.2. The van der Waals surface area contributed by atoms with Crippen molar-refractivity contribution in [2.45, 2.75) is 33.3 Å². The quantitative estimate of drug-likeness (QED) is 0.546. The third-order valence-corrected chi connectivity index (χ3v) is 3.57. The molecule has 0 fully saturated rings. The number of hydrogen-bond acceptors (Lipinski definition) is 4. The molecule has 4 nitrogen and oxygen atoms in total. The second kappa shape index (κ2) is 4.90. The van der Waals surface area contributed by atoms with Crippen molar-refractivity contribution in [2.75, 3.05) is 7.11 Å². The van der Waals surface area contributed by atoms with Crippen molar-refractivity contribution in [1.82, 2.24) is 0 Å². The molecule has 0 aliphatic heterocycles. The zero-order valence-corrected chi connectivity index (χ0v) is 11.0. The van der Waals surface area contributed by atoms with Crippen molar-refractivity contribution >= 4 is 11.9 Å². The highest BCUT2D eigenvalue weighted by atomic mass is 16.6. The SMILES string of the molecule is COC(=O)C1C(C)C=CC(C)C1(C)OC(C)=O. The van der Waals surface area contributed by atoms with Gasteiger partial charge in [-0.1, -0.05) is 26.0 Å². The van der Waals surface area contributed by atoms with Crippen LogP contribution >= 0.6 is 0 Å². The molecule has 96 valence electrons. The summed E-state index contributed by atoms with van der Waals surface area (Å²) in [6, 6.07) is 0. The number of esters is 2. The van der Waals surface area contributed by atoms with E-state index in [4.69, 9.17) is 9.47 Å². The van der Waals surface area contributed by atoms with Gasteiger partial charge in [-0.05, 0) is 12.8 Å². The summed E-state index contributed by atoms with van der Waals surface area (Å²) in [5.41, 5.74) is -0.840. The topological polar surface area (TPSA) is 52.6 Å². The van der Waals surface area contributed by atoms with Crippen LogP contribution in [0, 0.1) is 17.8 Å². The minimum absolute atomic E-state index is 0.0111. The lowest BCUT2D eigenvalue weighted by Gasteiger charge is -2.43. The Balaban J connectivity index is 3.14. The van der Waals surface area contributed by atoms with Crippen LogP contribution < -0.4 is 0 Å². The summed E-state index contributed by atoms with van der Waals surface area (Å²) in [5.74, 6) is -1.21. The van der Waals surface area contributed by atoms with Crippen LogP contribution in [0.25, 0.3) is 0 Å². The van der Waals surface area contributed by atoms with E-state index in [2.05, 4.69) is 0 Å². The Bertz CT molecular complexity index is 347. The minimum Gasteiger partial charge on any atom is -0.469 e. The van der Waals surface area contributed by atoms with Crippen molar-refractivity contribution in [3.8, 4) is 0 Å². The van der Waals surface area contributed by atoms with Crippen LogP contribution in [0.4, 0.5) is 0 Å². The van der Waals surface area contributed by atoms with E-state index in [-0.39, 0.29) is 23.8 Å². The Kier molecular flexibility index (Phi) is 3.96. The van der Waals surface area contributed by atoms with Crippen molar-refractivity contribution in [2.24, 2.45) is 17.8 Å². The first-order valence-electron chi connectivity index (χ1n) is 5.78. The van der Waals surface area contributed by atoms with Gasteiger partial charge < -0.3 is 9.47 Å². The lowest BCUT2D eigenvalue weighted by Crippen LogP contribution is -2.52. The third kappa shape index (κ3) is 2.51. The maximum atomic E-state index is 11.9. The van der Waals surface area contributed by atoms with Gasteiger partial charge >= 0.3 is 11.9 Å². The predicted octanol–water partition coefficient (Wildman–Crippen LogP) is 1.94. The molecule has 0 heterocycles. The zero-order valence-electron chi connectivity index (χ0n) is 11.0. The molecule has 0 saturated carbocycles. The van der Waals surface area contributed by atoms with Gasteiger partial charge in [0.05, 0.1) is 7.11 Å². The number of allylic oxidation sites excluding steroid dienone is 1. The summed E-state index contributed by atoms with van der Waals surface area (Å²) in [6.45, 7) is 7.00. The van der Waals surface area contributed by atoms with Gasteiger partial charge in [0.2, 0.25) is 0 Å². The molecular weight excluding hydrogens is 220 g/mol. The van der Waals surface area contributed by atoms with E-state index < -0.39 is 11.5 Å². The average molecular weight is 240 g/mol. The maximum Gasteiger partial charge on any atom is 0.313 e. The lowest BCUT2D eigenvalue weighted by atomic mass is 9.69. The molecule has 0 amide bonds. The molecule has 0 bridgehead atoms. The molecule has 0 saturated heterocycles. The van der Waals surface area contributed by atoms with Crippen LogP contribution in [0.1, 0.15) is 27.7 Å². The first-order chi connectivity index (χ1) is 7.82. The molecule has 0 aromatic rings. The molecule has 17 heavy (non-hydrogen) atoms. The van der Waals surface area contributed by atoms with E-state index in [0.717, 1.165) is 0 Å². The van der Waals surface area contributed by atoms with E-state index in [1.165, 1.54) is 14.0 Å². The molecule has 1 rings (SSSR count). The minimum atomic E-state index is -0.840. The number of methoxy groups -OCH3 is 1. The van der Waals surface area contributed by atoms with Crippen molar-refractivity contribution in [1.29, 1.82) is 0 Å². The molecule has 1 aliphatic carbocycles. The van der Waals surface area contributed by atoms with Gasteiger partial charge in [0.1, 0.15) is 11.5 Å². The Morgan fingerprint density at radius 3 is 2.29 bits per heavy atom. The highest BCUT2D eigenvalue weighted by Crippen LogP contribution is 2.41. The van der Waals surface area contributed by atoms with Crippen LogP contribution in [0.5, 0.6) is 0 Å². The number of ether oxygens (including phenoxy) is 2. The molecule has 0 spiro atoms. The average Bonchev–Trinajstić information content (AvgIpc) is 2.22. The van der Waals surface area contributed by atoms with Gasteiger partial charge in [0.25, 0.3) is 0 Å². The van der Waals surface area contributed by atoms with E-state index >= 15 is 0 Å². The monoisotopic (exact) mass is 240 g/mol. The number of carbonyl (C=O) groups is 2. The second-order valence-electron chi connectivity index (χ2n) is 4.81. The van der Waals surface area contributed by atoms with Crippen molar-refractivity contribution < 1.29 is 19.1 Å². The molecule has 1 aliphatic rings. The molecule has 0 aromatic heterocycles. The maximum absolute atomic E-state index is 11.9. The molecule has 4 unspecified atom stereocenters. The van der Waals surface area contributed by atoms with Crippen LogP contribution in [0.2, 0.25) is 0 Å². The predicted molar refractivity (Wildman–Crippen MR) is 63.1 cm³/mol. The Morgan fingerprint density at radius 1 is 1.24 bits per heavy atom. The number of carbonyl (C=O) groups excluding carboxylic acids is 2. The summed E-state index contributed by atoms with van der Waals surface area (Å²) in [6.07, 6.45) is 3.95. The summed E-state index contributed by atoms with van der Waals surface area (Å²) >= 11 is 0. The van der Waals surface area contributed by atoms with E-state index in [1.54, 1.807) is 6.92 Å². The molecule has 0 radical (unpaired) electrons. The first kappa shape index (κ1) is 13.7. The third-order valence-electron chi connectivity index (χ3n) is 3.57. The van der Waals surface area contributed by atoms with Crippen LogP contribution in [0.3, 0.4) is 0 Å². The van der Waals surface area contributed by atoms with E-state index in [1.807, 2.05) is 26.0 Å². The highest BCUT2D eigenvalue weighted by molar-refractivity contribution is 5.76. The lowest BCUT2D eigenvalue weighted by molar-refractivity contribution is -0.180. The largest absolute Gasteiger partial charge is 0.469 e. The van der Waals surface area contributed by atoms with Crippen molar-refractivity contribution in [3.63, 3.8) is 0 Å². The van der Waals surface area contributed by atoms with E-state index in [0.29, 0.717) is 0 Å². The second-order valence-corrected chi connectivity index (χ2v) is 4.81.